The molecule has 0 atom stereocenters. The largest absolute Gasteiger partial charge is 0.489 e. The van der Waals surface area contributed by atoms with Crippen LogP contribution in [0, 0.1) is 34.0 Å². The molecule has 122 valence electrons. The Morgan fingerprint density at radius 3 is 2.40 bits per heavy atom. The maximum Gasteiger partial charge on any atom is 0.255 e. The first-order chi connectivity index (χ1) is 12.2. The fourth-order valence-electron chi connectivity index (χ4n) is 2.17. The molecule has 0 radical (unpaired) electrons. The maximum atomic E-state index is 12.4. The summed E-state index contributed by atoms with van der Waals surface area (Å²) in [5.74, 6) is 0.183. The van der Waals surface area contributed by atoms with Crippen LogP contribution in [-0.4, -0.2) is 23.9 Å². The zero-order valence-electron chi connectivity index (χ0n) is 13.3. The molecule has 0 aliphatic carbocycles. The molecule has 0 fully saturated rings. The highest BCUT2D eigenvalue weighted by atomic mass is 16.5. The molecule has 0 aromatic heterocycles. The summed E-state index contributed by atoms with van der Waals surface area (Å²) in [7, 11) is 0. The third-order valence-corrected chi connectivity index (χ3v) is 3.35. The Bertz CT molecular complexity index is 871. The first-order valence-electron chi connectivity index (χ1n) is 7.43. The molecule has 2 aromatic rings. The zero-order chi connectivity index (χ0) is 18.1. The van der Waals surface area contributed by atoms with Gasteiger partial charge in [0.05, 0.1) is 23.8 Å². The number of nitrogens with zero attached hydrogens (tertiary/aromatic N) is 4. The lowest BCUT2D eigenvalue weighted by atomic mass is 10.1. The van der Waals surface area contributed by atoms with Gasteiger partial charge in [0.25, 0.3) is 5.91 Å². The van der Waals surface area contributed by atoms with E-state index in [4.69, 9.17) is 20.5 Å². The van der Waals surface area contributed by atoms with Gasteiger partial charge in [-0.3, -0.25) is 4.79 Å². The van der Waals surface area contributed by atoms with Crippen LogP contribution in [0.5, 0.6) is 5.75 Å². The van der Waals surface area contributed by atoms with E-state index in [1.807, 2.05) is 24.3 Å². The summed E-state index contributed by atoms with van der Waals surface area (Å²) < 4.78 is 5.64. The molecule has 0 heterocycles. The Labute approximate surface area is 145 Å². The van der Waals surface area contributed by atoms with E-state index in [9.17, 15) is 4.79 Å². The van der Waals surface area contributed by atoms with Crippen LogP contribution in [0.15, 0.2) is 48.5 Å². The molecular weight excluding hydrogens is 316 g/mol. The van der Waals surface area contributed by atoms with Gasteiger partial charge >= 0.3 is 0 Å². The number of rotatable bonds is 6. The smallest absolute Gasteiger partial charge is 0.255 e. The molecule has 25 heavy (non-hydrogen) atoms. The Morgan fingerprint density at radius 2 is 1.72 bits per heavy atom. The highest BCUT2D eigenvalue weighted by molar-refractivity contribution is 5.94. The highest BCUT2D eigenvalue weighted by Gasteiger charge is 2.15. The molecule has 0 bridgehead atoms. The molecule has 2 aromatic carbocycles. The van der Waals surface area contributed by atoms with Crippen molar-refractivity contribution >= 4 is 5.91 Å². The van der Waals surface area contributed by atoms with Crippen LogP contribution in [0.25, 0.3) is 0 Å². The lowest BCUT2D eigenvalue weighted by molar-refractivity contribution is 0.0794. The van der Waals surface area contributed by atoms with Gasteiger partial charge in [-0.1, -0.05) is 18.2 Å². The molecular formula is C19H14N4O2. The van der Waals surface area contributed by atoms with E-state index in [1.54, 1.807) is 42.5 Å². The lowest BCUT2D eigenvalue weighted by Gasteiger charge is -2.16. The monoisotopic (exact) mass is 330 g/mol. The summed E-state index contributed by atoms with van der Waals surface area (Å²) in [4.78, 5) is 13.6. The minimum Gasteiger partial charge on any atom is -0.489 e. The van der Waals surface area contributed by atoms with Crippen LogP contribution in [0.1, 0.15) is 21.5 Å². The van der Waals surface area contributed by atoms with Gasteiger partial charge in [-0.2, -0.15) is 15.8 Å². The summed E-state index contributed by atoms with van der Waals surface area (Å²) in [6.07, 6.45) is 0. The first-order valence-corrected chi connectivity index (χ1v) is 7.43. The quantitative estimate of drug-likeness (QED) is 0.758. The molecule has 0 saturated heterocycles. The number of carbonyl (C=O) groups is 1. The Hall–Kier alpha value is -3.82. The number of carbonyl (C=O) groups excluding carboxylic acids is 1. The summed E-state index contributed by atoms with van der Waals surface area (Å²) in [5.41, 5.74) is 1.66. The molecule has 0 spiro atoms. The zero-order valence-corrected chi connectivity index (χ0v) is 13.3. The molecule has 0 aliphatic heterocycles. The molecule has 0 saturated carbocycles. The number of amides is 1. The third kappa shape index (κ3) is 4.82. The van der Waals surface area contributed by atoms with Crippen molar-refractivity contribution < 1.29 is 9.53 Å². The van der Waals surface area contributed by atoms with E-state index in [2.05, 4.69) is 0 Å². The van der Waals surface area contributed by atoms with E-state index in [0.717, 1.165) is 5.56 Å². The topological polar surface area (TPSA) is 101 Å². The van der Waals surface area contributed by atoms with Crippen molar-refractivity contribution in [3.8, 4) is 24.0 Å². The van der Waals surface area contributed by atoms with Gasteiger partial charge in [-0.05, 0) is 35.9 Å². The standard InChI is InChI=1S/C19H14N4O2/c20-7-9-23(10-8-21)19(24)17-5-1-4-16(11-17)14-25-18-6-2-3-15(12-18)13-22/h1-6,11-12H,9-10,14H2. The van der Waals surface area contributed by atoms with Crippen LogP contribution in [0.3, 0.4) is 0 Å². The number of hydrogen-bond acceptors (Lipinski definition) is 5. The minimum absolute atomic E-state index is 0.145. The van der Waals surface area contributed by atoms with Crippen molar-refractivity contribution in [2.24, 2.45) is 0 Å². The van der Waals surface area contributed by atoms with Gasteiger partial charge < -0.3 is 9.64 Å². The van der Waals surface area contributed by atoms with Gasteiger partial charge in [0.1, 0.15) is 25.4 Å². The fourth-order valence-corrected chi connectivity index (χ4v) is 2.17. The average Bonchev–Trinajstić information content (AvgIpc) is 2.66. The predicted molar refractivity (Wildman–Crippen MR) is 89.1 cm³/mol. The van der Waals surface area contributed by atoms with Gasteiger partial charge in [-0.25, -0.2) is 0 Å². The van der Waals surface area contributed by atoms with Crippen LogP contribution < -0.4 is 4.74 Å². The van der Waals surface area contributed by atoms with Crippen molar-refractivity contribution in [3.63, 3.8) is 0 Å². The van der Waals surface area contributed by atoms with E-state index < -0.39 is 0 Å². The highest BCUT2D eigenvalue weighted by Crippen LogP contribution is 2.16. The Kier molecular flexibility index (Phi) is 6.11. The van der Waals surface area contributed by atoms with Gasteiger partial charge in [-0.15, -0.1) is 0 Å². The van der Waals surface area contributed by atoms with Crippen molar-refractivity contribution in [1.29, 1.82) is 15.8 Å². The second-order valence-electron chi connectivity index (χ2n) is 5.11. The summed E-state index contributed by atoms with van der Waals surface area (Å²) in [5, 5.41) is 26.4. The van der Waals surface area contributed by atoms with Crippen LogP contribution in [-0.2, 0) is 6.61 Å². The molecule has 1 amide bonds. The van der Waals surface area contributed by atoms with Crippen molar-refractivity contribution in [3.05, 3.63) is 65.2 Å². The number of nitriles is 3. The van der Waals surface area contributed by atoms with Crippen molar-refractivity contribution in [2.45, 2.75) is 6.61 Å². The lowest BCUT2D eigenvalue weighted by Crippen LogP contribution is -2.31. The molecule has 6 nitrogen and oxygen atoms in total. The molecule has 2 rings (SSSR count). The summed E-state index contributed by atoms with van der Waals surface area (Å²) in [6.45, 7) is -0.0609. The number of hydrogen-bond donors (Lipinski definition) is 0. The number of ether oxygens (including phenoxy) is 1. The molecule has 0 unspecified atom stereocenters. The molecule has 0 aliphatic rings. The normalized spacial score (nSPS) is 9.32. The SMILES string of the molecule is N#CCN(CC#N)C(=O)c1cccc(COc2cccc(C#N)c2)c1. The minimum atomic E-state index is -0.378. The van der Waals surface area contributed by atoms with Gasteiger partial charge in [0, 0.05) is 5.56 Å². The summed E-state index contributed by atoms with van der Waals surface area (Å²) >= 11 is 0. The van der Waals surface area contributed by atoms with Crippen LogP contribution in [0.4, 0.5) is 0 Å². The van der Waals surface area contributed by atoms with Gasteiger partial charge in [0.15, 0.2) is 0 Å². The van der Waals surface area contributed by atoms with E-state index in [1.165, 1.54) is 4.90 Å². The third-order valence-electron chi connectivity index (χ3n) is 3.35. The van der Waals surface area contributed by atoms with E-state index >= 15 is 0 Å². The van der Waals surface area contributed by atoms with Gasteiger partial charge in [0.2, 0.25) is 0 Å². The van der Waals surface area contributed by atoms with Crippen LogP contribution in [0.2, 0.25) is 0 Å². The van der Waals surface area contributed by atoms with E-state index in [-0.39, 0.29) is 25.6 Å². The fraction of sp³-hybridized carbons (Fsp3) is 0.158. The number of benzene rings is 2. The van der Waals surface area contributed by atoms with Crippen molar-refractivity contribution in [2.75, 3.05) is 13.1 Å². The van der Waals surface area contributed by atoms with E-state index in [0.29, 0.717) is 16.9 Å². The van der Waals surface area contributed by atoms with Crippen LogP contribution >= 0.6 is 0 Å². The second kappa shape index (κ2) is 8.72. The molecule has 0 N–H and O–H groups in total. The Morgan fingerprint density at radius 1 is 1.00 bits per heavy atom. The second-order valence-corrected chi connectivity index (χ2v) is 5.11. The predicted octanol–water partition coefficient (Wildman–Crippen LogP) is 2.63. The summed E-state index contributed by atoms with van der Waals surface area (Å²) in [6, 6.07) is 19.4. The average molecular weight is 330 g/mol. The van der Waals surface area contributed by atoms with Crippen molar-refractivity contribution in [1.82, 2.24) is 4.90 Å². The maximum absolute atomic E-state index is 12.4. The molecule has 6 heteroatoms. The first kappa shape index (κ1) is 17.5. The Balaban J connectivity index is 2.10.